The van der Waals surface area contributed by atoms with Crippen molar-refractivity contribution >= 4 is 0 Å². The molecule has 0 spiro atoms. The Morgan fingerprint density at radius 3 is 2.43 bits per heavy atom. The third kappa shape index (κ3) is 9.53. The van der Waals surface area contributed by atoms with E-state index in [4.69, 9.17) is 5.11 Å². The van der Waals surface area contributed by atoms with Crippen LogP contribution in [0.5, 0.6) is 0 Å². The van der Waals surface area contributed by atoms with Gasteiger partial charge in [0.2, 0.25) is 0 Å². The molecule has 0 aromatic heterocycles. The Morgan fingerprint density at radius 1 is 1.29 bits per heavy atom. The molecule has 0 fully saturated rings. The Labute approximate surface area is 88.5 Å². The van der Waals surface area contributed by atoms with Crippen LogP contribution in [0.4, 0.5) is 0 Å². The van der Waals surface area contributed by atoms with E-state index in [1.165, 1.54) is 18.4 Å². The molecule has 14 heavy (non-hydrogen) atoms. The standard InChI is InChI=1S/C13H24O/c1-11(2)7-5-8-12(3)9-6-10-13(4)14/h6-7,10,12-14H,5,8-9H2,1-4H3/b10-6+/t12-,13-/m1/s1. The zero-order chi connectivity index (χ0) is 11.0. The van der Waals surface area contributed by atoms with Gasteiger partial charge in [0, 0.05) is 0 Å². The van der Waals surface area contributed by atoms with Crippen LogP contribution in [0.2, 0.25) is 0 Å². The van der Waals surface area contributed by atoms with Crippen LogP contribution in [-0.2, 0) is 0 Å². The van der Waals surface area contributed by atoms with Crippen molar-refractivity contribution in [3.05, 3.63) is 23.8 Å². The molecule has 0 aliphatic heterocycles. The van der Waals surface area contributed by atoms with Gasteiger partial charge in [0.05, 0.1) is 6.10 Å². The zero-order valence-electron chi connectivity index (χ0n) is 9.96. The molecular formula is C13H24O. The van der Waals surface area contributed by atoms with Gasteiger partial charge in [-0.1, -0.05) is 30.7 Å². The van der Waals surface area contributed by atoms with Gasteiger partial charge in [-0.15, -0.1) is 0 Å². The largest absolute Gasteiger partial charge is 0.389 e. The molecular weight excluding hydrogens is 172 g/mol. The van der Waals surface area contributed by atoms with Gasteiger partial charge in [-0.25, -0.2) is 0 Å². The van der Waals surface area contributed by atoms with Gasteiger partial charge in [-0.3, -0.25) is 0 Å². The van der Waals surface area contributed by atoms with Gasteiger partial charge in [-0.05, 0) is 46.0 Å². The lowest BCUT2D eigenvalue weighted by atomic mass is 10.0. The predicted octanol–water partition coefficient (Wildman–Crippen LogP) is 3.70. The average molecular weight is 196 g/mol. The van der Waals surface area contributed by atoms with Crippen molar-refractivity contribution in [1.82, 2.24) is 0 Å². The molecule has 0 saturated heterocycles. The molecule has 0 aliphatic carbocycles. The maximum Gasteiger partial charge on any atom is 0.0692 e. The average Bonchev–Trinajstić information content (AvgIpc) is 2.02. The van der Waals surface area contributed by atoms with Crippen molar-refractivity contribution in [1.29, 1.82) is 0 Å². The fraction of sp³-hybridized carbons (Fsp3) is 0.692. The lowest BCUT2D eigenvalue weighted by molar-refractivity contribution is 0.243. The molecule has 82 valence electrons. The first-order valence-corrected chi connectivity index (χ1v) is 5.50. The highest BCUT2D eigenvalue weighted by Crippen LogP contribution is 2.12. The van der Waals surface area contributed by atoms with Crippen LogP contribution in [0.25, 0.3) is 0 Å². The third-order valence-electron chi connectivity index (χ3n) is 2.17. The number of aliphatic hydroxyl groups is 1. The quantitative estimate of drug-likeness (QED) is 0.642. The Bertz CT molecular complexity index is 185. The molecule has 0 aromatic carbocycles. The molecule has 1 N–H and O–H groups in total. The first-order chi connectivity index (χ1) is 6.52. The number of rotatable bonds is 6. The molecule has 0 aliphatic rings. The number of hydrogen-bond donors (Lipinski definition) is 1. The van der Waals surface area contributed by atoms with E-state index >= 15 is 0 Å². The highest BCUT2D eigenvalue weighted by Gasteiger charge is 1.97. The summed E-state index contributed by atoms with van der Waals surface area (Å²) in [6, 6.07) is 0. The molecule has 0 amide bonds. The van der Waals surface area contributed by atoms with E-state index in [1.54, 1.807) is 6.92 Å². The summed E-state index contributed by atoms with van der Waals surface area (Å²) in [6.45, 7) is 8.31. The van der Waals surface area contributed by atoms with Gasteiger partial charge >= 0.3 is 0 Å². The summed E-state index contributed by atoms with van der Waals surface area (Å²) in [4.78, 5) is 0. The Balaban J connectivity index is 3.56. The lowest BCUT2D eigenvalue weighted by Crippen LogP contribution is -1.95. The molecule has 1 heteroatoms. The van der Waals surface area contributed by atoms with Gasteiger partial charge in [-0.2, -0.15) is 0 Å². The highest BCUT2D eigenvalue weighted by atomic mass is 16.3. The van der Waals surface area contributed by atoms with E-state index in [9.17, 15) is 0 Å². The highest BCUT2D eigenvalue weighted by molar-refractivity contribution is 4.93. The summed E-state index contributed by atoms with van der Waals surface area (Å²) >= 11 is 0. The van der Waals surface area contributed by atoms with Crippen LogP contribution in [0.1, 0.15) is 47.0 Å². The number of allylic oxidation sites excluding steroid dienone is 3. The minimum atomic E-state index is -0.306. The predicted molar refractivity (Wildman–Crippen MR) is 63.3 cm³/mol. The maximum absolute atomic E-state index is 9.02. The summed E-state index contributed by atoms with van der Waals surface area (Å²) in [5, 5.41) is 9.02. The van der Waals surface area contributed by atoms with Gasteiger partial charge in [0.15, 0.2) is 0 Å². The van der Waals surface area contributed by atoms with Crippen LogP contribution in [0, 0.1) is 5.92 Å². The fourth-order valence-corrected chi connectivity index (χ4v) is 1.28. The van der Waals surface area contributed by atoms with Crippen LogP contribution in [0.15, 0.2) is 23.8 Å². The molecule has 0 radical (unpaired) electrons. The zero-order valence-corrected chi connectivity index (χ0v) is 9.96. The summed E-state index contributed by atoms with van der Waals surface area (Å²) < 4.78 is 0. The topological polar surface area (TPSA) is 20.2 Å². The first-order valence-electron chi connectivity index (χ1n) is 5.50. The minimum absolute atomic E-state index is 0.306. The Hall–Kier alpha value is -0.560. The minimum Gasteiger partial charge on any atom is -0.389 e. The van der Waals surface area contributed by atoms with Crippen LogP contribution >= 0.6 is 0 Å². The van der Waals surface area contributed by atoms with Crippen LogP contribution in [0.3, 0.4) is 0 Å². The van der Waals surface area contributed by atoms with E-state index in [0.29, 0.717) is 5.92 Å². The van der Waals surface area contributed by atoms with E-state index in [0.717, 1.165) is 6.42 Å². The molecule has 0 saturated carbocycles. The number of hydrogen-bond acceptors (Lipinski definition) is 1. The van der Waals surface area contributed by atoms with Crippen molar-refractivity contribution < 1.29 is 5.11 Å². The summed E-state index contributed by atoms with van der Waals surface area (Å²) in [5.41, 5.74) is 1.40. The van der Waals surface area contributed by atoms with Gasteiger partial charge in [0.25, 0.3) is 0 Å². The second kappa shape index (κ2) is 7.81. The summed E-state index contributed by atoms with van der Waals surface area (Å²) in [5.74, 6) is 0.709. The van der Waals surface area contributed by atoms with E-state index in [-0.39, 0.29) is 6.10 Å². The Kier molecular flexibility index (Phi) is 7.50. The van der Waals surface area contributed by atoms with Gasteiger partial charge in [0.1, 0.15) is 0 Å². The van der Waals surface area contributed by atoms with Crippen molar-refractivity contribution in [2.75, 3.05) is 0 Å². The molecule has 0 rings (SSSR count). The van der Waals surface area contributed by atoms with E-state index < -0.39 is 0 Å². The van der Waals surface area contributed by atoms with Crippen molar-refractivity contribution in [3.8, 4) is 0 Å². The SMILES string of the molecule is CC(C)=CCC[C@@H](C)C/C=C/[C@@H](C)O. The first kappa shape index (κ1) is 13.4. The molecule has 2 atom stereocenters. The van der Waals surface area contributed by atoms with E-state index in [2.05, 4.69) is 32.9 Å². The fourth-order valence-electron chi connectivity index (χ4n) is 1.28. The van der Waals surface area contributed by atoms with Crippen molar-refractivity contribution in [2.45, 2.75) is 53.1 Å². The van der Waals surface area contributed by atoms with Crippen LogP contribution in [-0.4, -0.2) is 11.2 Å². The summed E-state index contributed by atoms with van der Waals surface area (Å²) in [6.07, 6.45) is 9.40. The second-order valence-corrected chi connectivity index (χ2v) is 4.37. The summed E-state index contributed by atoms with van der Waals surface area (Å²) in [7, 11) is 0. The van der Waals surface area contributed by atoms with Crippen molar-refractivity contribution in [3.63, 3.8) is 0 Å². The molecule has 0 unspecified atom stereocenters. The monoisotopic (exact) mass is 196 g/mol. The smallest absolute Gasteiger partial charge is 0.0692 e. The number of aliphatic hydroxyl groups excluding tert-OH is 1. The normalized spacial score (nSPS) is 15.5. The van der Waals surface area contributed by atoms with Crippen molar-refractivity contribution in [2.24, 2.45) is 5.92 Å². The van der Waals surface area contributed by atoms with Crippen LogP contribution < -0.4 is 0 Å². The molecule has 0 heterocycles. The third-order valence-corrected chi connectivity index (χ3v) is 2.17. The Morgan fingerprint density at radius 2 is 1.93 bits per heavy atom. The van der Waals surface area contributed by atoms with E-state index in [1.807, 2.05) is 6.08 Å². The molecule has 1 nitrogen and oxygen atoms in total. The maximum atomic E-state index is 9.02. The lowest BCUT2D eigenvalue weighted by Gasteiger charge is -2.06. The van der Waals surface area contributed by atoms with Gasteiger partial charge < -0.3 is 5.11 Å². The molecule has 0 aromatic rings. The second-order valence-electron chi connectivity index (χ2n) is 4.37. The molecule has 0 bridgehead atoms.